The predicted octanol–water partition coefficient (Wildman–Crippen LogP) is -1.46. The summed E-state index contributed by atoms with van der Waals surface area (Å²) in [5.41, 5.74) is 8.29. The Morgan fingerprint density at radius 1 is 1.29 bits per heavy atom. The molecular weight excluding hydrogens is 217 g/mol. The van der Waals surface area contributed by atoms with Gasteiger partial charge >= 0.3 is 29.6 Å². The van der Waals surface area contributed by atoms with Gasteiger partial charge in [-0.1, -0.05) is 17.2 Å². The molecule has 1 rings (SSSR count). The van der Waals surface area contributed by atoms with Crippen molar-refractivity contribution < 1.29 is 42.5 Å². The topological polar surface area (TPSA) is 106 Å². The van der Waals surface area contributed by atoms with Crippen LogP contribution in [0.2, 0.25) is 0 Å². The number of benzene rings is 1. The summed E-state index contributed by atoms with van der Waals surface area (Å²) in [4.78, 5) is 2.15. The van der Waals surface area contributed by atoms with Gasteiger partial charge in [-0.15, -0.1) is 0 Å². The molecular formula is C6H4N3NaO3S. The van der Waals surface area contributed by atoms with Gasteiger partial charge in [0.2, 0.25) is 0 Å². The minimum Gasteiger partial charge on any atom is -0.744 e. The molecule has 0 radical (unpaired) electrons. The van der Waals surface area contributed by atoms with Crippen LogP contribution in [0.1, 0.15) is 0 Å². The summed E-state index contributed by atoms with van der Waals surface area (Å²) in [5.74, 6) is 0. The van der Waals surface area contributed by atoms with Crippen LogP contribution in [-0.4, -0.2) is 13.0 Å². The van der Waals surface area contributed by atoms with Crippen molar-refractivity contribution in [3.05, 3.63) is 34.7 Å². The summed E-state index contributed by atoms with van der Waals surface area (Å²) in [6.07, 6.45) is 0. The number of nitrogens with zero attached hydrogens (tertiary/aromatic N) is 3. The summed E-state index contributed by atoms with van der Waals surface area (Å²) < 4.78 is 31.3. The summed E-state index contributed by atoms with van der Waals surface area (Å²) in [6.45, 7) is 0. The van der Waals surface area contributed by atoms with Crippen LogP contribution < -0.4 is 29.6 Å². The van der Waals surface area contributed by atoms with Gasteiger partial charge in [-0.25, -0.2) is 8.42 Å². The molecule has 0 aliphatic heterocycles. The summed E-state index contributed by atoms with van der Waals surface area (Å²) in [5, 5.41) is 3.21. The van der Waals surface area contributed by atoms with Gasteiger partial charge in [-0.05, 0) is 17.7 Å². The third-order valence-corrected chi connectivity index (χ3v) is 2.14. The minimum absolute atomic E-state index is 0. The molecule has 0 spiro atoms. The Balaban J connectivity index is 0.00000169. The van der Waals surface area contributed by atoms with Crippen molar-refractivity contribution >= 4 is 15.8 Å². The van der Waals surface area contributed by atoms with Gasteiger partial charge < -0.3 is 4.55 Å². The van der Waals surface area contributed by atoms with E-state index in [4.69, 9.17) is 5.53 Å². The average molecular weight is 221 g/mol. The zero-order chi connectivity index (χ0) is 9.90. The third-order valence-electron chi connectivity index (χ3n) is 1.29. The van der Waals surface area contributed by atoms with Crippen LogP contribution in [0.5, 0.6) is 0 Å². The third kappa shape index (κ3) is 3.67. The monoisotopic (exact) mass is 221 g/mol. The Hall–Kier alpha value is -0.560. The second-order valence-corrected chi connectivity index (χ2v) is 3.52. The molecule has 0 unspecified atom stereocenters. The van der Waals surface area contributed by atoms with Crippen molar-refractivity contribution in [3.8, 4) is 0 Å². The zero-order valence-corrected chi connectivity index (χ0v) is 10.1. The molecule has 0 saturated carbocycles. The van der Waals surface area contributed by atoms with Gasteiger partial charge in [0, 0.05) is 10.6 Å². The maximum atomic E-state index is 10.4. The molecule has 1 aromatic rings. The normalized spacial score (nSPS) is 9.79. The largest absolute Gasteiger partial charge is 1.00 e. The van der Waals surface area contributed by atoms with Crippen LogP contribution >= 0.6 is 0 Å². The quantitative estimate of drug-likeness (QED) is 0.200. The van der Waals surface area contributed by atoms with Crippen molar-refractivity contribution in [3.63, 3.8) is 0 Å². The molecule has 0 saturated heterocycles. The summed E-state index contributed by atoms with van der Waals surface area (Å²) in [7, 11) is -4.42. The van der Waals surface area contributed by atoms with Gasteiger partial charge in [-0.3, -0.25) is 0 Å². The Labute approximate surface area is 103 Å². The average Bonchev–Trinajstić information content (AvgIpc) is 2.04. The molecule has 14 heavy (non-hydrogen) atoms. The molecule has 8 heteroatoms. The zero-order valence-electron chi connectivity index (χ0n) is 7.28. The molecule has 68 valence electrons. The first kappa shape index (κ1) is 13.4. The van der Waals surface area contributed by atoms with Crippen LogP contribution in [-0.2, 0) is 10.1 Å². The van der Waals surface area contributed by atoms with Crippen LogP contribution in [0.4, 0.5) is 5.69 Å². The predicted molar refractivity (Wildman–Crippen MR) is 43.2 cm³/mol. The molecule has 0 N–H and O–H groups in total. The van der Waals surface area contributed by atoms with Gasteiger partial charge in [0.05, 0.1) is 4.90 Å². The number of hydrogen-bond acceptors (Lipinski definition) is 4. The maximum Gasteiger partial charge on any atom is 1.00 e. The molecule has 0 heterocycles. The maximum absolute atomic E-state index is 10.4. The number of rotatable bonds is 2. The number of hydrogen-bond donors (Lipinski definition) is 0. The molecule has 0 aliphatic rings. The SMILES string of the molecule is [N-]=[N+]=Nc1ccc(S(=O)(=O)[O-])cc1.[Na+]. The van der Waals surface area contributed by atoms with Crippen LogP contribution in [0.25, 0.3) is 10.4 Å². The van der Waals surface area contributed by atoms with Gasteiger partial charge in [0.1, 0.15) is 10.1 Å². The van der Waals surface area contributed by atoms with E-state index >= 15 is 0 Å². The molecule has 1 aromatic carbocycles. The van der Waals surface area contributed by atoms with Crippen LogP contribution in [0.15, 0.2) is 34.3 Å². The second-order valence-electron chi connectivity index (χ2n) is 2.14. The van der Waals surface area contributed by atoms with Crippen molar-refractivity contribution in [1.29, 1.82) is 0 Å². The fourth-order valence-corrected chi connectivity index (χ4v) is 1.20. The van der Waals surface area contributed by atoms with E-state index in [-0.39, 0.29) is 40.1 Å². The second kappa shape index (κ2) is 5.35. The van der Waals surface area contributed by atoms with Crippen LogP contribution in [0, 0.1) is 0 Å². The van der Waals surface area contributed by atoms with E-state index in [2.05, 4.69) is 10.0 Å². The Kier molecular flexibility index (Phi) is 5.14. The summed E-state index contributed by atoms with van der Waals surface area (Å²) >= 11 is 0. The van der Waals surface area contributed by atoms with E-state index in [1.165, 1.54) is 12.1 Å². The summed E-state index contributed by atoms with van der Waals surface area (Å²) in [6, 6.07) is 4.69. The molecule has 0 fully saturated rings. The van der Waals surface area contributed by atoms with E-state index in [0.717, 1.165) is 12.1 Å². The fourth-order valence-electron chi connectivity index (χ4n) is 0.731. The van der Waals surface area contributed by atoms with Gasteiger partial charge in [0.25, 0.3) is 0 Å². The minimum atomic E-state index is -4.42. The Morgan fingerprint density at radius 2 is 1.79 bits per heavy atom. The van der Waals surface area contributed by atoms with Gasteiger partial charge in [0.15, 0.2) is 0 Å². The molecule has 0 amide bonds. The molecule has 0 aromatic heterocycles. The van der Waals surface area contributed by atoms with E-state index in [0.29, 0.717) is 0 Å². The van der Waals surface area contributed by atoms with Crippen LogP contribution in [0.3, 0.4) is 0 Å². The van der Waals surface area contributed by atoms with Crippen molar-refractivity contribution in [2.75, 3.05) is 0 Å². The van der Waals surface area contributed by atoms with E-state index < -0.39 is 10.1 Å². The smallest absolute Gasteiger partial charge is 0.744 e. The molecule has 0 atom stereocenters. The van der Waals surface area contributed by atoms with Crippen molar-refractivity contribution in [1.82, 2.24) is 0 Å². The van der Waals surface area contributed by atoms with Crippen molar-refractivity contribution in [2.45, 2.75) is 4.90 Å². The molecule has 0 bridgehead atoms. The molecule has 6 nitrogen and oxygen atoms in total. The number of azide groups is 1. The van der Waals surface area contributed by atoms with Gasteiger partial charge in [-0.2, -0.15) is 0 Å². The van der Waals surface area contributed by atoms with E-state index in [1.54, 1.807) is 0 Å². The first-order chi connectivity index (χ1) is 6.04. The Bertz CT molecular complexity index is 450. The Morgan fingerprint density at radius 3 is 2.14 bits per heavy atom. The van der Waals surface area contributed by atoms with E-state index in [9.17, 15) is 13.0 Å². The molecule has 0 aliphatic carbocycles. The first-order valence-electron chi connectivity index (χ1n) is 3.15. The first-order valence-corrected chi connectivity index (χ1v) is 4.56. The fraction of sp³-hybridized carbons (Fsp3) is 0. The van der Waals surface area contributed by atoms with Crippen molar-refractivity contribution in [2.24, 2.45) is 5.11 Å². The van der Waals surface area contributed by atoms with E-state index in [1.807, 2.05) is 0 Å². The standard InChI is InChI=1S/C6H5N3O3S.Na/c7-9-8-5-1-3-6(4-2-5)13(10,11)12;/h1-4H,(H,10,11,12);/q;+1/p-1.